The summed E-state index contributed by atoms with van der Waals surface area (Å²) in [5, 5.41) is 22.3. The molecular weight excluding hydrogens is 527 g/mol. The molecule has 0 spiro atoms. The molecule has 40 heavy (non-hydrogen) atoms. The second-order valence-electron chi connectivity index (χ2n) is 10.7. The average Bonchev–Trinajstić information content (AvgIpc) is 3.54. The molecule has 2 saturated carbocycles. The van der Waals surface area contributed by atoms with Gasteiger partial charge in [0.1, 0.15) is 41.6 Å². The van der Waals surface area contributed by atoms with Crippen LogP contribution in [-0.4, -0.2) is 71.3 Å². The molecule has 2 fully saturated rings. The van der Waals surface area contributed by atoms with Gasteiger partial charge in [0.25, 0.3) is 0 Å². The molecule has 4 aromatic rings. The highest BCUT2D eigenvalue weighted by atomic mass is 19.4. The number of rotatable bonds is 7. The molecule has 2 aliphatic rings. The average molecular weight is 558 g/mol. The standard InChI is InChI=1S/C27H30F3N7O3/c1-36(12-15-10-21(24(39)23(15)38)37-7-6-18-25(31)32-13-33-26(18)37)16-8-14(9-16)2-5-22-34-19-4-3-17(11-20(19)35-22)40-27(28,29)30/h3-4,6-7,11-14,16,21,23-24,38-39H,2,5,8-10H2,1H3,(H,34,35)(H2,31,32,33)/b15-12+/t14?,16?,21-,23-,24+/m1/s1. The number of benzene rings is 1. The van der Waals surface area contributed by atoms with E-state index in [-0.39, 0.29) is 11.8 Å². The topological polar surface area (TPSA) is 138 Å². The molecule has 1 aromatic carbocycles. The minimum Gasteiger partial charge on any atom is -0.406 e. The minimum absolute atomic E-state index is 0.277. The zero-order valence-electron chi connectivity index (χ0n) is 21.7. The number of hydrogen-bond acceptors (Lipinski definition) is 8. The van der Waals surface area contributed by atoms with Crippen molar-refractivity contribution in [1.29, 1.82) is 0 Å². The van der Waals surface area contributed by atoms with E-state index in [1.54, 1.807) is 0 Å². The second kappa shape index (κ2) is 9.97. The highest BCUT2D eigenvalue weighted by Crippen LogP contribution is 2.39. The zero-order valence-corrected chi connectivity index (χ0v) is 21.7. The van der Waals surface area contributed by atoms with Crippen LogP contribution < -0.4 is 10.5 Å². The molecule has 10 nitrogen and oxygen atoms in total. The van der Waals surface area contributed by atoms with Crippen LogP contribution in [0.2, 0.25) is 0 Å². The van der Waals surface area contributed by atoms with E-state index in [0.717, 1.165) is 30.7 Å². The Kier molecular flexibility index (Phi) is 6.57. The first kappa shape index (κ1) is 26.4. The molecule has 0 amide bonds. The van der Waals surface area contributed by atoms with Crippen molar-refractivity contribution in [3.63, 3.8) is 0 Å². The molecule has 3 aromatic heterocycles. The number of aromatic nitrogens is 5. The second-order valence-corrected chi connectivity index (χ2v) is 10.7. The lowest BCUT2D eigenvalue weighted by atomic mass is 9.77. The number of fused-ring (bicyclic) bond motifs is 2. The molecule has 3 atom stereocenters. The summed E-state index contributed by atoms with van der Waals surface area (Å²) < 4.78 is 43.3. The Hall–Kier alpha value is -3.84. The van der Waals surface area contributed by atoms with Gasteiger partial charge in [0.05, 0.1) is 22.5 Å². The highest BCUT2D eigenvalue weighted by Gasteiger charge is 2.40. The van der Waals surface area contributed by atoms with Crippen LogP contribution in [0.5, 0.6) is 5.75 Å². The van der Waals surface area contributed by atoms with Gasteiger partial charge in [-0.05, 0) is 55.4 Å². The Labute approximate surface area is 227 Å². The van der Waals surface area contributed by atoms with Crippen LogP contribution in [0, 0.1) is 5.92 Å². The van der Waals surface area contributed by atoms with Crippen LogP contribution in [-0.2, 0) is 6.42 Å². The predicted molar refractivity (Wildman–Crippen MR) is 141 cm³/mol. The van der Waals surface area contributed by atoms with E-state index >= 15 is 0 Å². The summed E-state index contributed by atoms with van der Waals surface area (Å²) in [6, 6.07) is 5.85. The molecule has 0 aliphatic heterocycles. The van der Waals surface area contributed by atoms with Crippen molar-refractivity contribution in [3.8, 4) is 5.75 Å². The van der Waals surface area contributed by atoms with Gasteiger partial charge in [-0.2, -0.15) is 0 Å². The van der Waals surface area contributed by atoms with Crippen molar-refractivity contribution in [1.82, 2.24) is 29.4 Å². The number of nitrogen functional groups attached to an aromatic ring is 1. The summed E-state index contributed by atoms with van der Waals surface area (Å²) >= 11 is 0. The smallest absolute Gasteiger partial charge is 0.406 e. The lowest BCUT2D eigenvalue weighted by Crippen LogP contribution is -2.40. The maximum absolute atomic E-state index is 12.5. The lowest BCUT2D eigenvalue weighted by molar-refractivity contribution is -0.274. The van der Waals surface area contributed by atoms with Crippen molar-refractivity contribution in [2.24, 2.45) is 5.92 Å². The number of nitrogens with two attached hydrogens (primary N) is 1. The lowest BCUT2D eigenvalue weighted by Gasteiger charge is -2.41. The SMILES string of the molecule is CN(/C=C1\C[C@@H](n2ccc3c(N)ncnc32)[C@H](O)[C@@H]1O)C1CC(CCc2nc3ccc(OC(F)(F)F)cc3[nH]2)C1. The molecule has 0 unspecified atom stereocenters. The quantitative estimate of drug-likeness (QED) is 0.270. The number of aromatic amines is 1. The maximum Gasteiger partial charge on any atom is 0.573 e. The van der Waals surface area contributed by atoms with E-state index in [9.17, 15) is 23.4 Å². The van der Waals surface area contributed by atoms with E-state index in [2.05, 4.69) is 29.6 Å². The number of halogens is 3. The Morgan fingerprint density at radius 3 is 2.80 bits per heavy atom. The minimum atomic E-state index is -4.74. The van der Waals surface area contributed by atoms with Gasteiger partial charge >= 0.3 is 6.36 Å². The molecule has 3 heterocycles. The summed E-state index contributed by atoms with van der Waals surface area (Å²) in [5.74, 6) is 1.32. The van der Waals surface area contributed by atoms with Gasteiger partial charge in [-0.15, -0.1) is 13.2 Å². The predicted octanol–water partition coefficient (Wildman–Crippen LogP) is 3.68. The number of aliphatic hydroxyl groups is 2. The number of aliphatic hydroxyl groups excluding tert-OH is 2. The summed E-state index contributed by atoms with van der Waals surface area (Å²) in [6.07, 6.45) is 2.50. The van der Waals surface area contributed by atoms with Gasteiger partial charge in [-0.3, -0.25) is 0 Å². The summed E-state index contributed by atoms with van der Waals surface area (Å²) in [4.78, 5) is 18.0. The summed E-state index contributed by atoms with van der Waals surface area (Å²) in [7, 11) is 1.99. The van der Waals surface area contributed by atoms with Gasteiger partial charge in [-0.25, -0.2) is 15.0 Å². The first-order valence-electron chi connectivity index (χ1n) is 13.2. The van der Waals surface area contributed by atoms with E-state index in [4.69, 9.17) is 5.73 Å². The number of H-pyrrole nitrogens is 1. The van der Waals surface area contributed by atoms with Gasteiger partial charge < -0.3 is 35.1 Å². The van der Waals surface area contributed by atoms with Crippen molar-refractivity contribution >= 4 is 27.9 Å². The van der Waals surface area contributed by atoms with Crippen LogP contribution in [0.15, 0.2) is 48.6 Å². The van der Waals surface area contributed by atoms with Gasteiger partial charge in [-0.1, -0.05) is 0 Å². The molecule has 0 saturated heterocycles. The Morgan fingerprint density at radius 2 is 2.02 bits per heavy atom. The van der Waals surface area contributed by atoms with E-state index in [0.29, 0.717) is 52.7 Å². The third kappa shape index (κ3) is 5.06. The van der Waals surface area contributed by atoms with E-state index in [1.807, 2.05) is 30.1 Å². The van der Waals surface area contributed by atoms with Gasteiger partial charge in [0.2, 0.25) is 0 Å². The molecule has 0 radical (unpaired) electrons. The number of aryl methyl sites for hydroxylation is 1. The molecule has 5 N–H and O–H groups in total. The molecule has 0 bridgehead atoms. The van der Waals surface area contributed by atoms with Gasteiger partial charge in [0, 0.05) is 38.0 Å². The Bertz CT molecular complexity index is 1560. The van der Waals surface area contributed by atoms with Crippen LogP contribution in [0.25, 0.3) is 22.1 Å². The van der Waals surface area contributed by atoms with Crippen molar-refractivity contribution in [2.75, 3.05) is 12.8 Å². The van der Waals surface area contributed by atoms with Crippen LogP contribution in [0.4, 0.5) is 19.0 Å². The summed E-state index contributed by atoms with van der Waals surface area (Å²) in [6.45, 7) is 0. The molecular formula is C27H30F3N7O3. The highest BCUT2D eigenvalue weighted by molar-refractivity contribution is 5.86. The zero-order chi connectivity index (χ0) is 28.2. The Balaban J connectivity index is 1.04. The number of nitrogens with zero attached hydrogens (tertiary/aromatic N) is 5. The van der Waals surface area contributed by atoms with Crippen molar-refractivity contribution in [3.05, 3.63) is 54.4 Å². The largest absolute Gasteiger partial charge is 0.573 e. The monoisotopic (exact) mass is 557 g/mol. The van der Waals surface area contributed by atoms with E-state index < -0.39 is 18.6 Å². The number of alkyl halides is 3. The number of anilines is 1. The molecule has 6 rings (SSSR count). The molecule has 13 heteroatoms. The molecule has 2 aliphatic carbocycles. The molecule has 212 valence electrons. The number of nitrogens with one attached hydrogen (secondary N) is 1. The van der Waals surface area contributed by atoms with Crippen molar-refractivity contribution < 1.29 is 28.1 Å². The fourth-order valence-electron chi connectivity index (χ4n) is 5.90. The van der Waals surface area contributed by atoms with Crippen LogP contribution in [0.3, 0.4) is 0 Å². The number of ether oxygens (including phenoxy) is 1. The number of hydrogen-bond donors (Lipinski definition) is 4. The number of imidazole rings is 1. The first-order valence-corrected chi connectivity index (χ1v) is 13.2. The first-order chi connectivity index (χ1) is 19.1. The fraction of sp³-hybridized carbons (Fsp3) is 0.444. The third-order valence-electron chi connectivity index (χ3n) is 8.12. The summed E-state index contributed by atoms with van der Waals surface area (Å²) in [5.41, 5.74) is 8.45. The van der Waals surface area contributed by atoms with Crippen LogP contribution in [0.1, 0.15) is 37.5 Å². The normalized spacial score (nSPS) is 26.1. The third-order valence-corrected chi connectivity index (χ3v) is 8.12. The van der Waals surface area contributed by atoms with Gasteiger partial charge in [0.15, 0.2) is 0 Å². The fourth-order valence-corrected chi connectivity index (χ4v) is 5.90. The van der Waals surface area contributed by atoms with Crippen molar-refractivity contribution in [2.45, 2.75) is 62.8 Å². The maximum atomic E-state index is 12.5. The van der Waals surface area contributed by atoms with Crippen LogP contribution >= 0.6 is 0 Å². The Morgan fingerprint density at radius 1 is 1.23 bits per heavy atom. The van der Waals surface area contributed by atoms with E-state index in [1.165, 1.54) is 24.5 Å².